The fraction of sp³-hybridized carbons (Fsp3) is 0.870. The van der Waals surface area contributed by atoms with Crippen LogP contribution in [-0.2, 0) is 0 Å². The molecule has 0 amide bonds. The van der Waals surface area contributed by atoms with Crippen molar-refractivity contribution in [1.82, 2.24) is 5.16 Å². The van der Waals surface area contributed by atoms with Crippen LogP contribution in [-0.4, -0.2) is 15.9 Å². The van der Waals surface area contributed by atoms with Gasteiger partial charge in [0.2, 0.25) is 0 Å². The molecule has 1 N–H and O–H groups in total. The SMILES string of the molecule is C[C@@]1(O)CC[C@@]2(C)[C@@H](CC[C@@H]3[C@@H]2CC[C@]2(C)[C@@H](c4ccon4)CC[C@@H]32)C1. The van der Waals surface area contributed by atoms with Gasteiger partial charge in [-0.15, -0.1) is 0 Å². The van der Waals surface area contributed by atoms with Gasteiger partial charge in [-0.3, -0.25) is 0 Å². The molecule has 5 rings (SSSR count). The van der Waals surface area contributed by atoms with E-state index in [1.165, 1.54) is 50.6 Å². The maximum atomic E-state index is 10.6. The van der Waals surface area contributed by atoms with Crippen molar-refractivity contribution in [2.75, 3.05) is 0 Å². The molecule has 0 aliphatic heterocycles. The highest BCUT2D eigenvalue weighted by Gasteiger charge is 2.61. The zero-order chi connectivity index (χ0) is 18.2. The Morgan fingerprint density at radius 2 is 1.77 bits per heavy atom. The van der Waals surface area contributed by atoms with Gasteiger partial charge in [-0.1, -0.05) is 19.0 Å². The van der Waals surface area contributed by atoms with E-state index in [1.54, 1.807) is 6.26 Å². The van der Waals surface area contributed by atoms with Crippen LogP contribution in [0.1, 0.15) is 90.2 Å². The average molecular weight is 358 g/mol. The summed E-state index contributed by atoms with van der Waals surface area (Å²) in [5.41, 5.74) is 1.63. The van der Waals surface area contributed by atoms with Crippen molar-refractivity contribution in [3.8, 4) is 0 Å². The Morgan fingerprint density at radius 1 is 0.962 bits per heavy atom. The van der Waals surface area contributed by atoms with Gasteiger partial charge in [0.25, 0.3) is 0 Å². The van der Waals surface area contributed by atoms with Crippen LogP contribution in [0.5, 0.6) is 0 Å². The first-order chi connectivity index (χ1) is 12.3. The third kappa shape index (κ3) is 2.31. The van der Waals surface area contributed by atoms with E-state index >= 15 is 0 Å². The summed E-state index contributed by atoms with van der Waals surface area (Å²) in [6.07, 6.45) is 13.1. The molecule has 4 saturated carbocycles. The van der Waals surface area contributed by atoms with Crippen LogP contribution in [0.4, 0.5) is 0 Å². The van der Waals surface area contributed by atoms with Crippen LogP contribution in [0.3, 0.4) is 0 Å². The van der Waals surface area contributed by atoms with Crippen molar-refractivity contribution in [1.29, 1.82) is 0 Å². The summed E-state index contributed by atoms with van der Waals surface area (Å²) in [5.74, 6) is 3.92. The highest BCUT2D eigenvalue weighted by atomic mass is 16.5. The molecule has 0 spiro atoms. The lowest BCUT2D eigenvalue weighted by Crippen LogP contribution is -2.55. The van der Waals surface area contributed by atoms with Crippen LogP contribution in [0, 0.1) is 34.5 Å². The lowest BCUT2D eigenvalue weighted by atomic mass is 9.44. The van der Waals surface area contributed by atoms with Gasteiger partial charge in [0, 0.05) is 12.0 Å². The maximum absolute atomic E-state index is 10.6. The maximum Gasteiger partial charge on any atom is 0.124 e. The van der Waals surface area contributed by atoms with Crippen molar-refractivity contribution in [3.63, 3.8) is 0 Å². The van der Waals surface area contributed by atoms with E-state index in [0.29, 0.717) is 16.7 Å². The number of hydrogen-bond acceptors (Lipinski definition) is 3. The minimum absolute atomic E-state index is 0.404. The highest BCUT2D eigenvalue weighted by Crippen LogP contribution is 2.69. The van der Waals surface area contributed by atoms with E-state index in [1.807, 2.05) is 0 Å². The predicted octanol–water partition coefficient (Wildman–Crippen LogP) is 5.55. The topological polar surface area (TPSA) is 46.3 Å². The molecule has 1 aromatic rings. The quantitative estimate of drug-likeness (QED) is 0.716. The average Bonchev–Trinajstić information content (AvgIpc) is 3.22. The number of aliphatic hydroxyl groups is 1. The monoisotopic (exact) mass is 357 g/mol. The Kier molecular flexibility index (Phi) is 3.72. The van der Waals surface area contributed by atoms with E-state index in [0.717, 1.165) is 36.5 Å². The summed E-state index contributed by atoms with van der Waals surface area (Å²) in [7, 11) is 0. The molecule has 0 bridgehead atoms. The number of rotatable bonds is 1. The van der Waals surface area contributed by atoms with Gasteiger partial charge in [-0.05, 0) is 99.2 Å². The summed E-state index contributed by atoms with van der Waals surface area (Å²) < 4.78 is 5.19. The third-order valence-corrected chi connectivity index (χ3v) is 9.77. The fourth-order valence-electron chi connectivity index (χ4n) is 8.32. The van der Waals surface area contributed by atoms with Crippen LogP contribution in [0.15, 0.2) is 16.9 Å². The van der Waals surface area contributed by atoms with E-state index in [9.17, 15) is 5.11 Å². The second-order valence-electron chi connectivity index (χ2n) is 11.0. The number of aromatic nitrogens is 1. The molecule has 144 valence electrons. The van der Waals surface area contributed by atoms with Crippen molar-refractivity contribution in [3.05, 3.63) is 18.0 Å². The zero-order valence-corrected chi connectivity index (χ0v) is 16.7. The summed E-state index contributed by atoms with van der Waals surface area (Å²) in [5, 5.41) is 15.0. The Bertz CT molecular complexity index is 668. The second kappa shape index (κ2) is 5.59. The molecule has 26 heavy (non-hydrogen) atoms. The molecule has 0 saturated heterocycles. The summed E-state index contributed by atoms with van der Waals surface area (Å²) in [6.45, 7) is 7.20. The molecule has 1 heterocycles. The van der Waals surface area contributed by atoms with Crippen LogP contribution < -0.4 is 0 Å². The van der Waals surface area contributed by atoms with Crippen LogP contribution >= 0.6 is 0 Å². The van der Waals surface area contributed by atoms with Gasteiger partial charge >= 0.3 is 0 Å². The van der Waals surface area contributed by atoms with Gasteiger partial charge in [-0.2, -0.15) is 0 Å². The second-order valence-corrected chi connectivity index (χ2v) is 11.0. The number of hydrogen-bond donors (Lipinski definition) is 1. The molecule has 0 aromatic carbocycles. The first-order valence-electron chi connectivity index (χ1n) is 11.0. The molecule has 4 aliphatic rings. The highest BCUT2D eigenvalue weighted by molar-refractivity contribution is 5.18. The molecule has 3 nitrogen and oxygen atoms in total. The Balaban J connectivity index is 1.43. The van der Waals surface area contributed by atoms with Crippen molar-refractivity contribution >= 4 is 0 Å². The van der Waals surface area contributed by atoms with Gasteiger partial charge in [0.05, 0.1) is 11.3 Å². The Labute approximate surface area is 157 Å². The Morgan fingerprint density at radius 3 is 2.54 bits per heavy atom. The van der Waals surface area contributed by atoms with E-state index in [4.69, 9.17) is 4.52 Å². The minimum Gasteiger partial charge on any atom is -0.390 e. The number of nitrogens with zero attached hydrogens (tertiary/aromatic N) is 1. The van der Waals surface area contributed by atoms with Gasteiger partial charge in [-0.25, -0.2) is 0 Å². The van der Waals surface area contributed by atoms with Gasteiger partial charge in [0.1, 0.15) is 6.26 Å². The fourth-order valence-corrected chi connectivity index (χ4v) is 8.32. The molecule has 3 heteroatoms. The first-order valence-corrected chi connectivity index (χ1v) is 11.0. The van der Waals surface area contributed by atoms with E-state index < -0.39 is 5.60 Å². The predicted molar refractivity (Wildman–Crippen MR) is 102 cm³/mol. The Hall–Kier alpha value is -0.830. The summed E-state index contributed by atoms with van der Waals surface area (Å²) in [4.78, 5) is 0. The van der Waals surface area contributed by atoms with Crippen molar-refractivity contribution in [2.45, 2.75) is 90.1 Å². The molecule has 4 fully saturated rings. The van der Waals surface area contributed by atoms with Crippen LogP contribution in [0.25, 0.3) is 0 Å². The standard InChI is InChI=1S/C23H35NO2/c1-21(25)11-12-22(2)15(14-21)4-5-16-17-6-7-19(20-9-13-26-24-20)23(17,3)10-8-18(16)22/h9,13,15-19,25H,4-8,10-12,14H2,1-3H3/t15-,16-,17-,18-,19+,21+,22-,23-/m0/s1. The van der Waals surface area contributed by atoms with Crippen molar-refractivity contribution < 1.29 is 9.63 Å². The molecular formula is C23H35NO2. The van der Waals surface area contributed by atoms with Gasteiger partial charge < -0.3 is 9.63 Å². The van der Waals surface area contributed by atoms with E-state index in [2.05, 4.69) is 32.0 Å². The summed E-state index contributed by atoms with van der Waals surface area (Å²) >= 11 is 0. The lowest BCUT2D eigenvalue weighted by Gasteiger charge is -2.61. The molecule has 0 unspecified atom stereocenters. The number of fused-ring (bicyclic) bond motifs is 5. The molecule has 1 aromatic heterocycles. The smallest absolute Gasteiger partial charge is 0.124 e. The van der Waals surface area contributed by atoms with Gasteiger partial charge in [0.15, 0.2) is 0 Å². The lowest BCUT2D eigenvalue weighted by molar-refractivity contribution is -0.143. The van der Waals surface area contributed by atoms with Crippen LogP contribution in [0.2, 0.25) is 0 Å². The normalized spacial score (nSPS) is 53.6. The summed E-state index contributed by atoms with van der Waals surface area (Å²) in [6, 6.07) is 2.10. The zero-order valence-electron chi connectivity index (χ0n) is 16.7. The molecule has 8 atom stereocenters. The molecular weight excluding hydrogens is 322 g/mol. The first kappa shape index (κ1) is 17.3. The largest absolute Gasteiger partial charge is 0.390 e. The van der Waals surface area contributed by atoms with E-state index in [-0.39, 0.29) is 0 Å². The molecule has 0 radical (unpaired) electrons. The minimum atomic E-state index is -0.425. The molecule has 4 aliphatic carbocycles. The third-order valence-electron chi connectivity index (χ3n) is 9.77. The van der Waals surface area contributed by atoms with Crippen molar-refractivity contribution in [2.24, 2.45) is 34.5 Å².